The molecule has 2 heterocycles. The van der Waals surface area contributed by atoms with Gasteiger partial charge in [0.05, 0.1) is 10.7 Å². The van der Waals surface area contributed by atoms with Crippen LogP contribution >= 0.6 is 11.6 Å². The Morgan fingerprint density at radius 2 is 1.96 bits per heavy atom. The number of hydrogen-bond acceptors (Lipinski definition) is 4. The van der Waals surface area contributed by atoms with Gasteiger partial charge >= 0.3 is 0 Å². The maximum atomic E-state index is 12.7. The minimum Gasteiger partial charge on any atom is -0.423 e. The number of hydrogen-bond donors (Lipinski definition) is 1. The molecular formula is C21H22ClN3O2. The van der Waals surface area contributed by atoms with Crippen molar-refractivity contribution in [2.45, 2.75) is 26.7 Å². The van der Waals surface area contributed by atoms with E-state index in [1.165, 1.54) is 0 Å². The van der Waals surface area contributed by atoms with E-state index in [1.807, 2.05) is 50.2 Å². The summed E-state index contributed by atoms with van der Waals surface area (Å²) in [4.78, 5) is 19.4. The van der Waals surface area contributed by atoms with Crippen LogP contribution in [0.2, 0.25) is 5.02 Å². The van der Waals surface area contributed by atoms with Crippen LogP contribution in [0.4, 0.5) is 11.7 Å². The lowest BCUT2D eigenvalue weighted by atomic mass is 9.96. The molecule has 4 rings (SSSR count). The lowest BCUT2D eigenvalue weighted by Crippen LogP contribution is -2.38. The maximum Gasteiger partial charge on any atom is 0.298 e. The summed E-state index contributed by atoms with van der Waals surface area (Å²) in [6, 6.07) is 12.3. The summed E-state index contributed by atoms with van der Waals surface area (Å²) in [5, 5.41) is 3.61. The number of aromatic nitrogens is 1. The molecule has 27 heavy (non-hydrogen) atoms. The molecule has 6 heteroatoms. The zero-order valence-corrected chi connectivity index (χ0v) is 16.2. The first-order chi connectivity index (χ1) is 13.0. The van der Waals surface area contributed by atoms with Crippen LogP contribution < -0.4 is 10.2 Å². The molecule has 1 aliphatic heterocycles. The second-order valence-corrected chi connectivity index (χ2v) is 7.56. The van der Waals surface area contributed by atoms with Crippen LogP contribution in [0.15, 0.2) is 40.8 Å². The summed E-state index contributed by atoms with van der Waals surface area (Å²) in [7, 11) is 0. The van der Waals surface area contributed by atoms with Crippen molar-refractivity contribution in [2.24, 2.45) is 5.92 Å². The van der Waals surface area contributed by atoms with Crippen LogP contribution in [0.1, 0.15) is 24.0 Å². The van der Waals surface area contributed by atoms with E-state index < -0.39 is 0 Å². The van der Waals surface area contributed by atoms with Gasteiger partial charge in [-0.25, -0.2) is 0 Å². The van der Waals surface area contributed by atoms with Gasteiger partial charge in [-0.05, 0) is 56.0 Å². The number of fused-ring (bicyclic) bond motifs is 1. The van der Waals surface area contributed by atoms with Crippen LogP contribution in [-0.4, -0.2) is 24.0 Å². The van der Waals surface area contributed by atoms with Gasteiger partial charge in [0.2, 0.25) is 5.91 Å². The number of aryl methyl sites for hydroxylation is 2. The van der Waals surface area contributed by atoms with Crippen molar-refractivity contribution in [3.63, 3.8) is 0 Å². The van der Waals surface area contributed by atoms with Crippen molar-refractivity contribution in [1.82, 2.24) is 4.98 Å². The zero-order chi connectivity index (χ0) is 19.0. The van der Waals surface area contributed by atoms with Gasteiger partial charge in [0.25, 0.3) is 6.01 Å². The summed E-state index contributed by atoms with van der Waals surface area (Å²) in [6.45, 7) is 5.44. The summed E-state index contributed by atoms with van der Waals surface area (Å²) >= 11 is 6.32. The van der Waals surface area contributed by atoms with Crippen molar-refractivity contribution in [3.8, 4) is 0 Å². The molecule has 0 bridgehead atoms. The summed E-state index contributed by atoms with van der Waals surface area (Å²) < 4.78 is 5.84. The minimum absolute atomic E-state index is 0.0288. The van der Waals surface area contributed by atoms with Gasteiger partial charge in [-0.2, -0.15) is 4.98 Å². The number of nitrogens with zero attached hydrogens (tertiary/aromatic N) is 2. The lowest BCUT2D eigenvalue weighted by Gasteiger charge is -2.30. The van der Waals surface area contributed by atoms with Gasteiger partial charge in [-0.15, -0.1) is 0 Å². The fourth-order valence-electron chi connectivity index (χ4n) is 3.63. The number of anilines is 2. The number of rotatable bonds is 3. The van der Waals surface area contributed by atoms with Crippen molar-refractivity contribution in [2.75, 3.05) is 23.3 Å². The molecule has 1 N–H and O–H groups in total. The van der Waals surface area contributed by atoms with Crippen LogP contribution in [0.5, 0.6) is 0 Å². The fraction of sp³-hybridized carbons (Fsp3) is 0.333. The number of oxazole rings is 1. The molecule has 0 spiro atoms. The molecule has 1 aromatic heterocycles. The van der Waals surface area contributed by atoms with E-state index in [-0.39, 0.29) is 11.8 Å². The predicted molar refractivity (Wildman–Crippen MR) is 109 cm³/mol. The Morgan fingerprint density at radius 1 is 1.22 bits per heavy atom. The normalized spacial score (nSPS) is 15.3. The monoisotopic (exact) mass is 383 g/mol. The Kier molecular flexibility index (Phi) is 4.79. The fourth-order valence-corrected chi connectivity index (χ4v) is 4.00. The number of halogens is 1. The highest BCUT2D eigenvalue weighted by Crippen LogP contribution is 2.30. The molecule has 2 aromatic carbocycles. The molecule has 1 amide bonds. The van der Waals surface area contributed by atoms with E-state index in [0.717, 1.165) is 48.2 Å². The first-order valence-electron chi connectivity index (χ1n) is 9.19. The molecule has 3 aromatic rings. The molecule has 0 aliphatic carbocycles. The lowest BCUT2D eigenvalue weighted by molar-refractivity contribution is -0.120. The van der Waals surface area contributed by atoms with Crippen molar-refractivity contribution >= 4 is 40.3 Å². The second kappa shape index (κ2) is 7.24. The Hall–Kier alpha value is -2.53. The molecule has 0 atom stereocenters. The molecule has 140 valence electrons. The Balaban J connectivity index is 1.41. The molecule has 5 nitrogen and oxygen atoms in total. The number of carbonyl (C=O) groups is 1. The van der Waals surface area contributed by atoms with Crippen molar-refractivity contribution in [3.05, 3.63) is 52.5 Å². The minimum atomic E-state index is -0.0394. The summed E-state index contributed by atoms with van der Waals surface area (Å²) in [5.41, 5.74) is 4.43. The highest BCUT2D eigenvalue weighted by atomic mass is 35.5. The van der Waals surface area contributed by atoms with Gasteiger partial charge in [0, 0.05) is 19.0 Å². The summed E-state index contributed by atoms with van der Waals surface area (Å²) in [5.74, 6) is -0.0107. The second-order valence-electron chi connectivity index (χ2n) is 7.15. The van der Waals surface area contributed by atoms with E-state index in [2.05, 4.69) is 15.2 Å². The van der Waals surface area contributed by atoms with Crippen LogP contribution in [0.3, 0.4) is 0 Å². The average Bonchev–Trinajstić information content (AvgIpc) is 3.09. The third-order valence-corrected chi connectivity index (χ3v) is 5.40. The van der Waals surface area contributed by atoms with Crippen LogP contribution in [-0.2, 0) is 4.79 Å². The van der Waals surface area contributed by atoms with Crippen molar-refractivity contribution < 1.29 is 9.21 Å². The SMILES string of the molecule is Cc1cc(C)c(NC(=O)C2CCN(c3nc4ccccc4o3)CC2)c(Cl)c1. The van der Waals surface area contributed by atoms with Gasteiger partial charge < -0.3 is 14.6 Å². The zero-order valence-electron chi connectivity index (χ0n) is 15.5. The Bertz CT molecular complexity index is 934. The van der Waals surface area contributed by atoms with Crippen LogP contribution in [0, 0.1) is 19.8 Å². The third kappa shape index (κ3) is 3.65. The number of carbonyl (C=O) groups excluding carboxylic acids is 1. The molecule has 1 fully saturated rings. The average molecular weight is 384 g/mol. The van der Waals surface area contributed by atoms with Gasteiger partial charge in [0.15, 0.2) is 5.58 Å². The highest BCUT2D eigenvalue weighted by molar-refractivity contribution is 6.34. The van der Waals surface area contributed by atoms with Crippen LogP contribution in [0.25, 0.3) is 11.1 Å². The van der Waals surface area contributed by atoms with Gasteiger partial charge in [-0.3, -0.25) is 4.79 Å². The quantitative estimate of drug-likeness (QED) is 0.694. The van der Waals surface area contributed by atoms with Crippen molar-refractivity contribution in [1.29, 1.82) is 0 Å². The molecule has 0 unspecified atom stereocenters. The maximum absolute atomic E-state index is 12.7. The first kappa shape index (κ1) is 17.9. The smallest absolute Gasteiger partial charge is 0.298 e. The third-order valence-electron chi connectivity index (χ3n) is 5.10. The number of piperidine rings is 1. The van der Waals surface area contributed by atoms with E-state index in [1.54, 1.807) is 0 Å². The van der Waals surface area contributed by atoms with Gasteiger partial charge in [-0.1, -0.05) is 29.8 Å². The van der Waals surface area contributed by atoms with Gasteiger partial charge in [0.1, 0.15) is 5.52 Å². The standard InChI is InChI=1S/C21H22ClN3O2/c1-13-11-14(2)19(16(22)12-13)24-20(26)15-7-9-25(10-8-15)21-23-17-5-3-4-6-18(17)27-21/h3-6,11-12,15H,7-10H2,1-2H3,(H,24,26). The topological polar surface area (TPSA) is 58.4 Å². The molecule has 1 saturated heterocycles. The highest BCUT2D eigenvalue weighted by Gasteiger charge is 2.27. The molecule has 0 radical (unpaired) electrons. The van der Waals surface area contributed by atoms with E-state index >= 15 is 0 Å². The van der Waals surface area contributed by atoms with E-state index in [0.29, 0.717) is 16.7 Å². The molecular weight excluding hydrogens is 362 g/mol. The number of benzene rings is 2. The molecule has 1 aliphatic rings. The Morgan fingerprint density at radius 3 is 2.67 bits per heavy atom. The first-order valence-corrected chi connectivity index (χ1v) is 9.57. The Labute approximate surface area is 163 Å². The number of amides is 1. The number of para-hydroxylation sites is 2. The largest absolute Gasteiger partial charge is 0.423 e. The summed E-state index contributed by atoms with van der Waals surface area (Å²) in [6.07, 6.45) is 1.51. The molecule has 0 saturated carbocycles. The number of nitrogens with one attached hydrogen (secondary N) is 1. The predicted octanol–water partition coefficient (Wildman–Crippen LogP) is 4.95. The van der Waals surface area contributed by atoms with E-state index in [9.17, 15) is 4.79 Å². The van der Waals surface area contributed by atoms with E-state index in [4.69, 9.17) is 16.0 Å².